The standard InChI is InChI=1S/C16H32O2/c1-4-7-8-9-10-11-12-13-14-15-16(17-5-2)18-6-3/h9-10,16H,4-8,11-15H2,1-3H3/b10-9-. The van der Waals surface area contributed by atoms with Gasteiger partial charge < -0.3 is 9.47 Å². The third kappa shape index (κ3) is 12.1. The van der Waals surface area contributed by atoms with Crippen LogP contribution in [0.3, 0.4) is 0 Å². The van der Waals surface area contributed by atoms with Gasteiger partial charge in [0, 0.05) is 13.2 Å². The summed E-state index contributed by atoms with van der Waals surface area (Å²) >= 11 is 0. The number of hydrogen-bond donors (Lipinski definition) is 0. The molecule has 0 heterocycles. The average Bonchev–Trinajstić information content (AvgIpc) is 2.37. The third-order valence-electron chi connectivity index (χ3n) is 2.91. The second kappa shape index (κ2) is 14.7. The monoisotopic (exact) mass is 256 g/mol. The fourth-order valence-electron chi connectivity index (χ4n) is 1.89. The molecule has 0 N–H and O–H groups in total. The number of ether oxygens (including phenoxy) is 2. The van der Waals surface area contributed by atoms with E-state index < -0.39 is 0 Å². The van der Waals surface area contributed by atoms with E-state index in [1.807, 2.05) is 13.8 Å². The van der Waals surface area contributed by atoms with Gasteiger partial charge in [0.2, 0.25) is 0 Å². The van der Waals surface area contributed by atoms with Gasteiger partial charge in [0.05, 0.1) is 0 Å². The SMILES string of the molecule is CCCC/C=C\CCCCCC(OCC)OCC. The fraction of sp³-hybridized carbons (Fsp3) is 0.875. The topological polar surface area (TPSA) is 18.5 Å². The molecule has 0 aromatic carbocycles. The van der Waals surface area contributed by atoms with Crippen molar-refractivity contribution < 1.29 is 9.47 Å². The Morgan fingerprint density at radius 3 is 1.94 bits per heavy atom. The van der Waals surface area contributed by atoms with Gasteiger partial charge in [0.1, 0.15) is 0 Å². The Bertz CT molecular complexity index is 172. The molecule has 0 aromatic heterocycles. The summed E-state index contributed by atoms with van der Waals surface area (Å²) in [4.78, 5) is 0. The second-order valence-corrected chi connectivity index (χ2v) is 4.59. The normalized spacial score (nSPS) is 11.8. The van der Waals surface area contributed by atoms with E-state index in [1.54, 1.807) is 0 Å². The molecule has 0 fully saturated rings. The molecule has 0 atom stereocenters. The van der Waals surface area contributed by atoms with Crippen molar-refractivity contribution in [3.8, 4) is 0 Å². The van der Waals surface area contributed by atoms with Crippen molar-refractivity contribution >= 4 is 0 Å². The predicted molar refractivity (Wildman–Crippen MR) is 78.8 cm³/mol. The molecule has 0 aliphatic rings. The molecule has 0 radical (unpaired) electrons. The Kier molecular flexibility index (Phi) is 14.4. The minimum absolute atomic E-state index is 0.0140. The van der Waals surface area contributed by atoms with E-state index in [2.05, 4.69) is 19.1 Å². The Labute approximate surface area is 114 Å². The van der Waals surface area contributed by atoms with Crippen LogP contribution in [0.1, 0.15) is 72.1 Å². The lowest BCUT2D eigenvalue weighted by atomic mass is 10.1. The third-order valence-corrected chi connectivity index (χ3v) is 2.91. The first-order valence-corrected chi connectivity index (χ1v) is 7.73. The molecule has 0 aromatic rings. The molecule has 0 saturated heterocycles. The summed E-state index contributed by atoms with van der Waals surface area (Å²) < 4.78 is 11.0. The zero-order valence-corrected chi connectivity index (χ0v) is 12.6. The Morgan fingerprint density at radius 1 is 0.778 bits per heavy atom. The fourth-order valence-corrected chi connectivity index (χ4v) is 1.89. The summed E-state index contributed by atoms with van der Waals surface area (Å²) in [7, 11) is 0. The van der Waals surface area contributed by atoms with Gasteiger partial charge in [-0.15, -0.1) is 0 Å². The number of unbranched alkanes of at least 4 members (excludes halogenated alkanes) is 5. The lowest BCUT2D eigenvalue weighted by Crippen LogP contribution is -2.17. The van der Waals surface area contributed by atoms with Gasteiger partial charge in [-0.1, -0.05) is 38.3 Å². The molecule has 0 bridgehead atoms. The molecule has 2 heteroatoms. The van der Waals surface area contributed by atoms with Crippen molar-refractivity contribution in [2.75, 3.05) is 13.2 Å². The highest BCUT2D eigenvalue weighted by molar-refractivity contribution is 4.81. The maximum absolute atomic E-state index is 5.52. The molecule has 0 saturated carbocycles. The molecule has 0 aliphatic carbocycles. The molecule has 0 amide bonds. The molecular weight excluding hydrogens is 224 g/mol. The van der Waals surface area contributed by atoms with E-state index in [1.165, 1.54) is 44.9 Å². The number of hydrogen-bond acceptors (Lipinski definition) is 2. The summed E-state index contributed by atoms with van der Waals surface area (Å²) in [5.41, 5.74) is 0. The molecule has 0 spiro atoms. The van der Waals surface area contributed by atoms with Crippen molar-refractivity contribution in [2.45, 2.75) is 78.4 Å². The smallest absolute Gasteiger partial charge is 0.157 e. The van der Waals surface area contributed by atoms with Gasteiger partial charge in [0.25, 0.3) is 0 Å². The molecule has 0 unspecified atom stereocenters. The van der Waals surface area contributed by atoms with Crippen molar-refractivity contribution in [2.24, 2.45) is 0 Å². The molecular formula is C16H32O2. The van der Waals surface area contributed by atoms with Crippen LogP contribution in [0.2, 0.25) is 0 Å². The van der Waals surface area contributed by atoms with Crippen LogP contribution in [0, 0.1) is 0 Å². The molecule has 108 valence electrons. The lowest BCUT2D eigenvalue weighted by Gasteiger charge is -2.16. The summed E-state index contributed by atoms with van der Waals surface area (Å²) in [6.07, 6.45) is 14.5. The van der Waals surface area contributed by atoms with E-state index >= 15 is 0 Å². The maximum atomic E-state index is 5.52. The van der Waals surface area contributed by atoms with Crippen LogP contribution in [0.4, 0.5) is 0 Å². The van der Waals surface area contributed by atoms with E-state index in [4.69, 9.17) is 9.47 Å². The predicted octanol–water partition coefficient (Wildman–Crippen LogP) is 5.08. The number of allylic oxidation sites excluding steroid dienone is 2. The van der Waals surface area contributed by atoms with Gasteiger partial charge in [-0.05, 0) is 46.0 Å². The second-order valence-electron chi connectivity index (χ2n) is 4.59. The summed E-state index contributed by atoms with van der Waals surface area (Å²) in [5.74, 6) is 0. The van der Waals surface area contributed by atoms with Crippen LogP contribution in [-0.2, 0) is 9.47 Å². The van der Waals surface area contributed by atoms with Crippen molar-refractivity contribution in [1.29, 1.82) is 0 Å². The molecule has 2 nitrogen and oxygen atoms in total. The minimum Gasteiger partial charge on any atom is -0.353 e. The van der Waals surface area contributed by atoms with Crippen LogP contribution < -0.4 is 0 Å². The van der Waals surface area contributed by atoms with Crippen LogP contribution >= 0.6 is 0 Å². The van der Waals surface area contributed by atoms with E-state index in [0.29, 0.717) is 0 Å². The van der Waals surface area contributed by atoms with E-state index in [-0.39, 0.29) is 6.29 Å². The quantitative estimate of drug-likeness (QED) is 0.260. The number of rotatable bonds is 13. The Balaban J connectivity index is 3.34. The van der Waals surface area contributed by atoms with Crippen LogP contribution in [0.5, 0.6) is 0 Å². The zero-order valence-electron chi connectivity index (χ0n) is 12.6. The highest BCUT2D eigenvalue weighted by Gasteiger charge is 2.06. The van der Waals surface area contributed by atoms with Gasteiger partial charge in [0.15, 0.2) is 6.29 Å². The van der Waals surface area contributed by atoms with E-state index in [9.17, 15) is 0 Å². The Hall–Kier alpha value is -0.340. The largest absolute Gasteiger partial charge is 0.353 e. The van der Waals surface area contributed by atoms with Crippen LogP contribution in [-0.4, -0.2) is 19.5 Å². The zero-order chi connectivity index (χ0) is 13.5. The highest BCUT2D eigenvalue weighted by Crippen LogP contribution is 2.10. The van der Waals surface area contributed by atoms with Crippen LogP contribution in [0.15, 0.2) is 12.2 Å². The summed E-state index contributed by atoms with van der Waals surface area (Å²) in [5, 5.41) is 0. The molecule has 0 rings (SSSR count). The molecule has 0 aliphatic heterocycles. The van der Waals surface area contributed by atoms with Crippen molar-refractivity contribution in [3.63, 3.8) is 0 Å². The summed E-state index contributed by atoms with van der Waals surface area (Å²) in [6, 6.07) is 0. The average molecular weight is 256 g/mol. The van der Waals surface area contributed by atoms with Crippen molar-refractivity contribution in [1.82, 2.24) is 0 Å². The van der Waals surface area contributed by atoms with Gasteiger partial charge >= 0.3 is 0 Å². The van der Waals surface area contributed by atoms with Crippen molar-refractivity contribution in [3.05, 3.63) is 12.2 Å². The van der Waals surface area contributed by atoms with Crippen LogP contribution in [0.25, 0.3) is 0 Å². The first-order valence-electron chi connectivity index (χ1n) is 7.73. The van der Waals surface area contributed by atoms with E-state index in [0.717, 1.165) is 19.6 Å². The van der Waals surface area contributed by atoms with Gasteiger partial charge in [-0.25, -0.2) is 0 Å². The molecule has 18 heavy (non-hydrogen) atoms. The van der Waals surface area contributed by atoms with Gasteiger partial charge in [-0.3, -0.25) is 0 Å². The summed E-state index contributed by atoms with van der Waals surface area (Å²) in [6.45, 7) is 7.76. The Morgan fingerprint density at radius 2 is 1.39 bits per heavy atom. The maximum Gasteiger partial charge on any atom is 0.157 e. The first-order chi connectivity index (χ1) is 8.85. The minimum atomic E-state index is 0.0140. The lowest BCUT2D eigenvalue weighted by molar-refractivity contribution is -0.140. The van der Waals surface area contributed by atoms with Gasteiger partial charge in [-0.2, -0.15) is 0 Å². The first kappa shape index (κ1) is 17.7. The highest BCUT2D eigenvalue weighted by atomic mass is 16.7.